The van der Waals surface area contributed by atoms with Gasteiger partial charge in [0.05, 0.1) is 12.1 Å². The maximum atomic E-state index is 5.99. The molecule has 4 heterocycles. The molecular formula is C17H19ClN6O2. The van der Waals surface area contributed by atoms with Crippen molar-refractivity contribution in [3.8, 4) is 28.7 Å². The van der Waals surface area contributed by atoms with Crippen molar-refractivity contribution in [1.29, 1.82) is 0 Å². The summed E-state index contributed by atoms with van der Waals surface area (Å²) in [5.41, 5.74) is 1.57. The summed E-state index contributed by atoms with van der Waals surface area (Å²) in [5.74, 6) is 2.82. The molecule has 8 nitrogen and oxygen atoms in total. The van der Waals surface area contributed by atoms with E-state index in [1.807, 2.05) is 15.4 Å². The number of hydrogen-bond donors (Lipinski definition) is 0. The minimum absolute atomic E-state index is 0.153. The average Bonchev–Trinajstić information content (AvgIpc) is 3.16. The molecule has 0 amide bonds. The van der Waals surface area contributed by atoms with Crippen molar-refractivity contribution >= 4 is 11.6 Å². The van der Waals surface area contributed by atoms with Crippen LogP contribution < -0.4 is 4.74 Å². The zero-order valence-electron chi connectivity index (χ0n) is 14.8. The van der Waals surface area contributed by atoms with Gasteiger partial charge in [0, 0.05) is 31.6 Å². The van der Waals surface area contributed by atoms with Gasteiger partial charge in [-0.15, -0.1) is 0 Å². The first-order valence-corrected chi connectivity index (χ1v) is 8.75. The van der Waals surface area contributed by atoms with Crippen molar-refractivity contribution in [2.24, 2.45) is 0 Å². The Hall–Kier alpha value is -2.45. The predicted octanol–water partition coefficient (Wildman–Crippen LogP) is 2.98. The topological polar surface area (TPSA) is 79.9 Å². The third-order valence-corrected chi connectivity index (χ3v) is 4.31. The van der Waals surface area contributed by atoms with Crippen LogP contribution >= 0.6 is 11.6 Å². The van der Waals surface area contributed by atoms with Gasteiger partial charge in [-0.3, -0.25) is 0 Å². The average molecular weight is 375 g/mol. The van der Waals surface area contributed by atoms with Crippen LogP contribution in [0.25, 0.3) is 22.9 Å². The van der Waals surface area contributed by atoms with Gasteiger partial charge in [-0.1, -0.05) is 11.6 Å². The van der Waals surface area contributed by atoms with E-state index < -0.39 is 0 Å². The number of aromatic nitrogens is 6. The fourth-order valence-electron chi connectivity index (χ4n) is 2.96. The number of rotatable bonds is 4. The van der Waals surface area contributed by atoms with Gasteiger partial charge in [0.2, 0.25) is 0 Å². The Kier molecular flexibility index (Phi) is 4.37. The lowest BCUT2D eigenvalue weighted by atomic mass is 10.2. The molecule has 0 saturated heterocycles. The second-order valence-corrected chi connectivity index (χ2v) is 6.71. The molecule has 0 saturated carbocycles. The quantitative estimate of drug-likeness (QED) is 0.653. The summed E-state index contributed by atoms with van der Waals surface area (Å²) >= 11 is 5.99. The fraction of sp³-hybridized carbons (Fsp3) is 0.412. The maximum Gasteiger partial charge on any atom is 0.179 e. The normalized spacial score (nSPS) is 13.3. The molecule has 0 spiro atoms. The van der Waals surface area contributed by atoms with Gasteiger partial charge in [-0.2, -0.15) is 5.10 Å². The van der Waals surface area contributed by atoms with Crippen LogP contribution in [-0.4, -0.2) is 43.0 Å². The van der Waals surface area contributed by atoms with Gasteiger partial charge in [0.1, 0.15) is 35.6 Å². The van der Waals surface area contributed by atoms with Crippen LogP contribution in [0.3, 0.4) is 0 Å². The van der Waals surface area contributed by atoms with Gasteiger partial charge in [0.25, 0.3) is 0 Å². The molecule has 0 aliphatic carbocycles. The molecule has 136 valence electrons. The molecule has 0 N–H and O–H groups in total. The molecule has 26 heavy (non-hydrogen) atoms. The van der Waals surface area contributed by atoms with E-state index >= 15 is 0 Å². The molecule has 0 radical (unpaired) electrons. The number of imidazole rings is 1. The Morgan fingerprint density at radius 1 is 1.31 bits per heavy atom. The standard InChI is InChI=1S/C17H19ClN6O2/c1-10(2)24-17(21-15(22-24)9-25-3)12-8-23-4-5-26-13-6-14(18)19-7-11(13)16(23)20-12/h6-8,10H,4-5,9H2,1-3H3. The van der Waals surface area contributed by atoms with E-state index in [0.29, 0.717) is 36.5 Å². The van der Waals surface area contributed by atoms with Crippen LogP contribution in [-0.2, 0) is 17.9 Å². The summed E-state index contributed by atoms with van der Waals surface area (Å²) in [6.45, 7) is 5.69. The van der Waals surface area contributed by atoms with Gasteiger partial charge >= 0.3 is 0 Å². The lowest BCUT2D eigenvalue weighted by Crippen LogP contribution is -2.06. The maximum absolute atomic E-state index is 5.99. The fourth-order valence-corrected chi connectivity index (χ4v) is 3.10. The zero-order chi connectivity index (χ0) is 18.3. The van der Waals surface area contributed by atoms with E-state index in [2.05, 4.69) is 28.9 Å². The van der Waals surface area contributed by atoms with Gasteiger partial charge in [-0.05, 0) is 13.8 Å². The van der Waals surface area contributed by atoms with E-state index in [1.165, 1.54) is 0 Å². The highest BCUT2D eigenvalue weighted by Crippen LogP contribution is 2.34. The second-order valence-electron chi connectivity index (χ2n) is 6.32. The molecule has 0 bridgehead atoms. The highest BCUT2D eigenvalue weighted by molar-refractivity contribution is 6.29. The van der Waals surface area contributed by atoms with E-state index in [4.69, 9.17) is 26.1 Å². The van der Waals surface area contributed by atoms with E-state index in [-0.39, 0.29) is 6.04 Å². The smallest absolute Gasteiger partial charge is 0.179 e. The summed E-state index contributed by atoms with van der Waals surface area (Å²) in [4.78, 5) is 13.6. The van der Waals surface area contributed by atoms with Crippen molar-refractivity contribution in [2.45, 2.75) is 33.0 Å². The van der Waals surface area contributed by atoms with Crippen LogP contribution in [0.4, 0.5) is 0 Å². The Balaban J connectivity index is 1.83. The van der Waals surface area contributed by atoms with Crippen molar-refractivity contribution in [2.75, 3.05) is 13.7 Å². The Morgan fingerprint density at radius 3 is 2.92 bits per heavy atom. The van der Waals surface area contributed by atoms with Crippen molar-refractivity contribution in [1.82, 2.24) is 29.3 Å². The number of hydrogen-bond acceptors (Lipinski definition) is 6. The summed E-state index contributed by atoms with van der Waals surface area (Å²) in [7, 11) is 1.63. The first-order valence-electron chi connectivity index (χ1n) is 8.37. The lowest BCUT2D eigenvalue weighted by molar-refractivity contribution is 0.177. The molecule has 1 aliphatic rings. The number of halogens is 1. The highest BCUT2D eigenvalue weighted by atomic mass is 35.5. The number of ether oxygens (including phenoxy) is 2. The molecule has 3 aromatic heterocycles. The highest BCUT2D eigenvalue weighted by Gasteiger charge is 2.23. The largest absolute Gasteiger partial charge is 0.491 e. The minimum atomic E-state index is 0.153. The first-order chi connectivity index (χ1) is 12.6. The SMILES string of the molecule is COCc1nc(-c2cn3c(n2)-c2cnc(Cl)cc2OCC3)n(C(C)C)n1. The van der Waals surface area contributed by atoms with Crippen LogP contribution in [0.1, 0.15) is 25.7 Å². The Labute approximate surface area is 155 Å². The third-order valence-electron chi connectivity index (χ3n) is 4.11. The van der Waals surface area contributed by atoms with Crippen LogP contribution in [0.15, 0.2) is 18.5 Å². The van der Waals surface area contributed by atoms with Crippen molar-refractivity contribution < 1.29 is 9.47 Å². The summed E-state index contributed by atoms with van der Waals surface area (Å²) in [6, 6.07) is 1.87. The Morgan fingerprint density at radius 2 is 2.15 bits per heavy atom. The van der Waals surface area contributed by atoms with Crippen molar-refractivity contribution in [3.63, 3.8) is 0 Å². The third kappa shape index (κ3) is 2.95. The van der Waals surface area contributed by atoms with Gasteiger partial charge in [-0.25, -0.2) is 19.6 Å². The second kappa shape index (κ2) is 6.69. The van der Waals surface area contributed by atoms with Crippen LogP contribution in [0.2, 0.25) is 5.15 Å². The molecule has 4 rings (SSSR count). The zero-order valence-corrected chi connectivity index (χ0v) is 15.6. The molecule has 9 heteroatoms. The van der Waals surface area contributed by atoms with Crippen LogP contribution in [0.5, 0.6) is 5.75 Å². The predicted molar refractivity (Wildman–Crippen MR) is 96.1 cm³/mol. The van der Waals surface area contributed by atoms with Crippen LogP contribution in [0, 0.1) is 0 Å². The van der Waals surface area contributed by atoms with E-state index in [0.717, 1.165) is 22.9 Å². The molecule has 3 aromatic rings. The van der Waals surface area contributed by atoms with Gasteiger partial charge < -0.3 is 14.0 Å². The lowest BCUT2D eigenvalue weighted by Gasteiger charge is -2.07. The summed E-state index contributed by atoms with van der Waals surface area (Å²) in [6.07, 6.45) is 3.66. The molecular weight excluding hydrogens is 356 g/mol. The molecule has 0 unspecified atom stereocenters. The number of nitrogens with zero attached hydrogens (tertiary/aromatic N) is 6. The summed E-state index contributed by atoms with van der Waals surface area (Å²) < 4.78 is 14.9. The number of fused-ring (bicyclic) bond motifs is 3. The van der Waals surface area contributed by atoms with E-state index in [9.17, 15) is 0 Å². The molecule has 0 fully saturated rings. The summed E-state index contributed by atoms with van der Waals surface area (Å²) in [5, 5.41) is 4.93. The first kappa shape index (κ1) is 17.0. The molecule has 0 aromatic carbocycles. The minimum Gasteiger partial charge on any atom is -0.491 e. The van der Waals surface area contributed by atoms with Gasteiger partial charge in [0.15, 0.2) is 11.6 Å². The monoisotopic (exact) mass is 374 g/mol. The molecule has 0 atom stereocenters. The van der Waals surface area contributed by atoms with Crippen molar-refractivity contribution in [3.05, 3.63) is 29.4 Å². The number of methoxy groups -OCH3 is 1. The number of pyridine rings is 1. The van der Waals surface area contributed by atoms with E-state index in [1.54, 1.807) is 19.4 Å². The Bertz CT molecular complexity index is 949. The molecule has 1 aliphatic heterocycles.